The molecular formula is C9H20NO2+. The van der Waals surface area contributed by atoms with E-state index < -0.39 is 50.3 Å². The normalized spacial score (nSPS) is 51.5. The highest BCUT2D eigenvalue weighted by Gasteiger charge is 2.33. The van der Waals surface area contributed by atoms with Crippen LogP contribution in [0, 0.1) is 0 Å². The lowest BCUT2D eigenvalue weighted by Gasteiger charge is -2.26. The van der Waals surface area contributed by atoms with Crippen molar-refractivity contribution in [1.82, 2.24) is 0 Å². The van der Waals surface area contributed by atoms with E-state index in [0.717, 1.165) is 0 Å². The van der Waals surface area contributed by atoms with Crippen molar-refractivity contribution in [1.29, 1.82) is 0 Å². The van der Waals surface area contributed by atoms with E-state index >= 15 is 0 Å². The lowest BCUT2D eigenvalue weighted by molar-refractivity contribution is -0.873. The number of aliphatic hydroxyl groups excluding tert-OH is 1. The van der Waals surface area contributed by atoms with Gasteiger partial charge in [0.2, 0.25) is 0 Å². The lowest BCUT2D eigenvalue weighted by atomic mass is 10.1. The highest BCUT2D eigenvalue weighted by molar-refractivity contribution is 4.78. The fourth-order valence-electron chi connectivity index (χ4n) is 1.33. The molecular weight excluding hydrogens is 154 g/mol. The smallest absolute Gasteiger partial charge is 0.109 e. The van der Waals surface area contributed by atoms with Gasteiger partial charge in [-0.25, -0.2) is 0 Å². The first kappa shape index (κ1) is 3.23. The molecule has 3 nitrogen and oxygen atoms in total. The molecule has 0 saturated carbocycles. The Hall–Kier alpha value is -0.120. The first-order valence-electron chi connectivity index (χ1n) is 8.35. The Morgan fingerprint density at radius 2 is 2.25 bits per heavy atom. The standard InChI is InChI=1S/C9H20NO2/c1-7-9(11)5-8(12-7)6-10(2,3)4/h7-9,11H,5-6H2,1-4H3/q+1/t7-,8-,9+/m0/s1/i2D3,3D3,4D3. The van der Waals surface area contributed by atoms with E-state index in [0.29, 0.717) is 0 Å². The average molecular weight is 183 g/mol. The van der Waals surface area contributed by atoms with Crippen molar-refractivity contribution in [2.24, 2.45) is 0 Å². The molecule has 0 aromatic rings. The summed E-state index contributed by atoms with van der Waals surface area (Å²) in [6, 6.07) is 0. The first-order valence-corrected chi connectivity index (χ1v) is 3.85. The van der Waals surface area contributed by atoms with Crippen LogP contribution in [0.2, 0.25) is 0 Å². The lowest BCUT2D eigenvalue weighted by Crippen LogP contribution is -2.41. The molecule has 72 valence electrons. The third-order valence-electron chi connectivity index (χ3n) is 1.93. The maximum atomic E-state index is 9.62. The van der Waals surface area contributed by atoms with Crippen LogP contribution in [0.3, 0.4) is 0 Å². The molecule has 1 aliphatic rings. The summed E-state index contributed by atoms with van der Waals surface area (Å²) in [7, 11) is 0. The Labute approximate surface area is 87.2 Å². The van der Waals surface area contributed by atoms with E-state index in [9.17, 15) is 5.11 Å². The van der Waals surface area contributed by atoms with Crippen LogP contribution in [0.4, 0.5) is 0 Å². The predicted molar refractivity (Wildman–Crippen MR) is 47.9 cm³/mol. The molecule has 0 unspecified atom stereocenters. The number of aliphatic hydroxyl groups is 1. The molecule has 3 heteroatoms. The van der Waals surface area contributed by atoms with Crippen LogP contribution in [0.5, 0.6) is 0 Å². The van der Waals surface area contributed by atoms with Gasteiger partial charge in [-0.05, 0) is 6.92 Å². The number of quaternary nitrogens is 1. The van der Waals surface area contributed by atoms with E-state index in [1.807, 2.05) is 0 Å². The zero-order chi connectivity index (χ0) is 16.9. The van der Waals surface area contributed by atoms with Gasteiger partial charge in [-0.15, -0.1) is 0 Å². The quantitative estimate of drug-likeness (QED) is 0.621. The van der Waals surface area contributed by atoms with Crippen LogP contribution < -0.4 is 0 Å². The largest absolute Gasteiger partial charge is 0.390 e. The molecule has 1 saturated heterocycles. The fraction of sp³-hybridized carbons (Fsp3) is 1.00. The average Bonchev–Trinajstić information content (AvgIpc) is 2.49. The molecule has 0 bridgehead atoms. The SMILES string of the molecule is [2H]C([2H])([2H])[N+](C[C@@H]1C[C@@H](O)[C@H](C)O1)(C([2H])([2H])[2H])C([2H])([2H])[2H]. The number of rotatable bonds is 2. The van der Waals surface area contributed by atoms with Gasteiger partial charge < -0.3 is 14.3 Å². The van der Waals surface area contributed by atoms with E-state index in [2.05, 4.69) is 0 Å². The van der Waals surface area contributed by atoms with Crippen molar-refractivity contribution >= 4 is 0 Å². The third kappa shape index (κ3) is 2.73. The number of ether oxygens (including phenoxy) is 1. The maximum Gasteiger partial charge on any atom is 0.109 e. The molecule has 0 aliphatic carbocycles. The minimum Gasteiger partial charge on any atom is -0.390 e. The van der Waals surface area contributed by atoms with Gasteiger partial charge in [-0.3, -0.25) is 0 Å². The topological polar surface area (TPSA) is 29.5 Å². The van der Waals surface area contributed by atoms with Gasteiger partial charge in [0.15, 0.2) is 0 Å². The second-order valence-corrected chi connectivity index (χ2v) is 3.26. The molecule has 1 rings (SSSR count). The van der Waals surface area contributed by atoms with Gasteiger partial charge in [-0.2, -0.15) is 0 Å². The monoisotopic (exact) mass is 183 g/mol. The molecule has 12 heavy (non-hydrogen) atoms. The van der Waals surface area contributed by atoms with Crippen molar-refractivity contribution in [2.75, 3.05) is 27.5 Å². The van der Waals surface area contributed by atoms with Crippen molar-refractivity contribution in [3.05, 3.63) is 0 Å². The van der Waals surface area contributed by atoms with Crippen LogP contribution in [-0.2, 0) is 4.74 Å². The molecule has 0 aromatic heterocycles. The van der Waals surface area contributed by atoms with Gasteiger partial charge >= 0.3 is 0 Å². The number of hydrogen-bond acceptors (Lipinski definition) is 2. The highest BCUT2D eigenvalue weighted by atomic mass is 16.5. The maximum absolute atomic E-state index is 9.62. The fourth-order valence-corrected chi connectivity index (χ4v) is 1.33. The molecule has 1 N–H and O–H groups in total. The molecule has 3 atom stereocenters. The molecule has 0 aromatic carbocycles. The van der Waals surface area contributed by atoms with E-state index in [-0.39, 0.29) is 6.42 Å². The van der Waals surface area contributed by atoms with Gasteiger partial charge in [0, 0.05) is 6.42 Å². The Kier molecular flexibility index (Phi) is 0.893. The Bertz CT molecular complexity index is 329. The summed E-state index contributed by atoms with van der Waals surface area (Å²) < 4.78 is 70.6. The van der Waals surface area contributed by atoms with Crippen molar-refractivity contribution in [2.45, 2.75) is 31.7 Å². The molecule has 1 aliphatic heterocycles. The highest BCUT2D eigenvalue weighted by Crippen LogP contribution is 2.21. The number of nitrogens with zero attached hydrogens (tertiary/aromatic N) is 1. The zero-order valence-electron chi connectivity index (χ0n) is 15.9. The van der Waals surface area contributed by atoms with Crippen molar-refractivity contribution in [3.8, 4) is 0 Å². The summed E-state index contributed by atoms with van der Waals surface area (Å²) in [6.07, 6.45) is -2.41. The minimum absolute atomic E-state index is 0.00338. The molecule has 0 spiro atoms. The second-order valence-electron chi connectivity index (χ2n) is 3.26. The van der Waals surface area contributed by atoms with E-state index in [1.54, 1.807) is 6.92 Å². The van der Waals surface area contributed by atoms with Gasteiger partial charge in [0.05, 0.1) is 45.5 Å². The van der Waals surface area contributed by atoms with Gasteiger partial charge in [-0.1, -0.05) is 0 Å². The molecule has 0 radical (unpaired) electrons. The van der Waals surface area contributed by atoms with Gasteiger partial charge in [0.1, 0.15) is 12.6 Å². The van der Waals surface area contributed by atoms with Crippen LogP contribution in [-0.4, -0.2) is 55.4 Å². The van der Waals surface area contributed by atoms with Gasteiger partial charge in [0.25, 0.3) is 0 Å². The second kappa shape index (κ2) is 3.32. The zero-order valence-corrected chi connectivity index (χ0v) is 6.95. The summed E-state index contributed by atoms with van der Waals surface area (Å²) in [6.45, 7) is -9.03. The Morgan fingerprint density at radius 1 is 1.58 bits per heavy atom. The minimum atomic E-state index is -3.28. The number of hydrogen-bond donors (Lipinski definition) is 1. The van der Waals surface area contributed by atoms with Crippen LogP contribution in [0.1, 0.15) is 25.7 Å². The van der Waals surface area contributed by atoms with Crippen LogP contribution in [0.25, 0.3) is 0 Å². The molecule has 0 amide bonds. The summed E-state index contributed by atoms with van der Waals surface area (Å²) in [5.41, 5.74) is 0. The predicted octanol–water partition coefficient (Wildman–Crippen LogP) is 0.231. The third-order valence-corrected chi connectivity index (χ3v) is 1.93. The summed E-state index contributed by atoms with van der Waals surface area (Å²) in [5, 5.41) is 9.62. The number of likely N-dealkylation sites (N-methyl/N-ethyl adjacent to an activating group) is 1. The first-order chi connectivity index (χ1) is 9.13. The van der Waals surface area contributed by atoms with Crippen LogP contribution >= 0.6 is 0 Å². The van der Waals surface area contributed by atoms with E-state index in [4.69, 9.17) is 17.1 Å². The van der Waals surface area contributed by atoms with E-state index in [1.165, 1.54) is 0 Å². The van der Waals surface area contributed by atoms with Crippen LogP contribution in [0.15, 0.2) is 0 Å². The molecule has 1 heterocycles. The summed E-state index contributed by atoms with van der Waals surface area (Å²) in [5.74, 6) is 0. The Balaban J connectivity index is 3.26. The van der Waals surface area contributed by atoms with Crippen molar-refractivity contribution in [3.63, 3.8) is 0 Å². The summed E-state index contributed by atoms with van der Waals surface area (Å²) >= 11 is 0. The summed E-state index contributed by atoms with van der Waals surface area (Å²) in [4.78, 5) is 0. The molecule has 1 fully saturated rings. The van der Waals surface area contributed by atoms with Crippen molar-refractivity contribution < 1.29 is 26.7 Å². The Morgan fingerprint density at radius 3 is 2.67 bits per heavy atom.